The molecule has 0 radical (unpaired) electrons. The van der Waals surface area contributed by atoms with Crippen LogP contribution in [0.3, 0.4) is 0 Å². The number of aliphatic hydroxyl groups excluding tert-OH is 1. The summed E-state index contributed by atoms with van der Waals surface area (Å²) in [7, 11) is 0. The maximum Gasteiger partial charge on any atom is 0.274 e. The molecule has 0 saturated heterocycles. The summed E-state index contributed by atoms with van der Waals surface area (Å²) >= 11 is 0. The number of rotatable bonds is 4. The van der Waals surface area contributed by atoms with Gasteiger partial charge in [0, 0.05) is 23.9 Å². The highest BCUT2D eigenvalue weighted by Gasteiger charge is 2.32. The molecule has 1 aliphatic rings. The number of aliphatic hydroxyl groups is 1. The van der Waals surface area contributed by atoms with Crippen molar-refractivity contribution in [1.82, 2.24) is 14.7 Å². The van der Waals surface area contributed by atoms with Crippen molar-refractivity contribution in [1.29, 1.82) is 0 Å². The quantitative estimate of drug-likeness (QED) is 0.467. The summed E-state index contributed by atoms with van der Waals surface area (Å²) in [6.07, 6.45) is 3.14. The minimum absolute atomic E-state index is 0.309. The number of pyridine rings is 1. The van der Waals surface area contributed by atoms with E-state index in [4.69, 9.17) is 0 Å². The fraction of sp³-hybridized carbons (Fsp3) is 0.160. The van der Waals surface area contributed by atoms with E-state index >= 15 is 0 Å². The summed E-state index contributed by atoms with van der Waals surface area (Å²) in [5.74, 6) is -0.624. The smallest absolute Gasteiger partial charge is 0.274 e. The van der Waals surface area contributed by atoms with Gasteiger partial charge in [-0.2, -0.15) is 0 Å². The van der Waals surface area contributed by atoms with Gasteiger partial charge >= 0.3 is 0 Å². The third-order valence-electron chi connectivity index (χ3n) is 5.89. The standard InChI is InChI=1S/C25H22N4O3/c1-15-9-10-17(24(31)28-23-18-7-3-2-6-16(18)13-21(23)30)12-19(15)27-25(32)20-14-26-22-8-4-5-11-29(20)22/h2-12,14,21,23,30H,13H2,1H3,(H,27,32)(H,28,31)/t21-,23+/m0/s1. The van der Waals surface area contributed by atoms with Crippen LogP contribution in [-0.4, -0.2) is 32.4 Å². The van der Waals surface area contributed by atoms with Crippen molar-refractivity contribution >= 4 is 23.1 Å². The molecule has 4 aromatic rings. The third-order valence-corrected chi connectivity index (χ3v) is 5.89. The summed E-state index contributed by atoms with van der Waals surface area (Å²) in [5, 5.41) is 16.3. The molecule has 5 rings (SSSR count). The first kappa shape index (κ1) is 20.0. The minimum Gasteiger partial charge on any atom is -0.390 e. The lowest BCUT2D eigenvalue weighted by Crippen LogP contribution is -2.33. The number of imidazole rings is 1. The Morgan fingerprint density at radius 2 is 1.88 bits per heavy atom. The number of carbonyl (C=O) groups excluding carboxylic acids is 2. The van der Waals surface area contributed by atoms with Crippen LogP contribution in [0.15, 0.2) is 73.1 Å². The van der Waals surface area contributed by atoms with E-state index in [1.54, 1.807) is 28.8 Å². The number of aryl methyl sites for hydroxylation is 1. The lowest BCUT2D eigenvalue weighted by molar-refractivity contribution is 0.0858. The second-order valence-electron chi connectivity index (χ2n) is 7.98. The number of nitrogens with zero attached hydrogens (tertiary/aromatic N) is 2. The maximum absolute atomic E-state index is 13.0. The van der Waals surface area contributed by atoms with E-state index in [9.17, 15) is 14.7 Å². The Hall–Kier alpha value is -3.97. The van der Waals surface area contributed by atoms with Gasteiger partial charge in [-0.25, -0.2) is 4.98 Å². The molecule has 1 aliphatic carbocycles. The zero-order chi connectivity index (χ0) is 22.2. The second-order valence-corrected chi connectivity index (χ2v) is 7.98. The predicted octanol–water partition coefficient (Wildman–Crippen LogP) is 3.28. The van der Waals surface area contributed by atoms with Crippen molar-refractivity contribution in [2.45, 2.75) is 25.5 Å². The number of nitrogens with one attached hydrogen (secondary N) is 2. The van der Waals surface area contributed by atoms with Gasteiger partial charge in [0.1, 0.15) is 11.3 Å². The normalized spacial score (nSPS) is 17.2. The minimum atomic E-state index is -0.670. The number of aromatic nitrogens is 2. The van der Waals surface area contributed by atoms with Gasteiger partial charge in [0.2, 0.25) is 0 Å². The lowest BCUT2D eigenvalue weighted by atomic mass is 10.1. The Balaban J connectivity index is 1.37. The molecule has 3 N–H and O–H groups in total. The van der Waals surface area contributed by atoms with Crippen LogP contribution < -0.4 is 10.6 Å². The molecule has 7 nitrogen and oxygen atoms in total. The molecule has 160 valence electrons. The first-order valence-electron chi connectivity index (χ1n) is 10.4. The van der Waals surface area contributed by atoms with Gasteiger partial charge in [0.15, 0.2) is 0 Å². The lowest BCUT2D eigenvalue weighted by Gasteiger charge is -2.18. The molecule has 0 bridgehead atoms. The van der Waals surface area contributed by atoms with Crippen LogP contribution in [0.4, 0.5) is 5.69 Å². The average molecular weight is 426 g/mol. The van der Waals surface area contributed by atoms with Crippen LogP contribution >= 0.6 is 0 Å². The number of carbonyl (C=O) groups is 2. The van der Waals surface area contributed by atoms with E-state index in [-0.39, 0.29) is 11.8 Å². The van der Waals surface area contributed by atoms with Crippen LogP contribution in [0, 0.1) is 6.92 Å². The van der Waals surface area contributed by atoms with Crippen molar-refractivity contribution in [2.24, 2.45) is 0 Å². The summed E-state index contributed by atoms with van der Waals surface area (Å²) in [5.41, 5.74) is 4.83. The summed E-state index contributed by atoms with van der Waals surface area (Å²) in [4.78, 5) is 30.1. The molecular formula is C25H22N4O3. The highest BCUT2D eigenvalue weighted by Crippen LogP contribution is 2.31. The van der Waals surface area contributed by atoms with Crippen molar-refractivity contribution in [3.63, 3.8) is 0 Å². The van der Waals surface area contributed by atoms with Gasteiger partial charge in [-0.1, -0.05) is 36.4 Å². The van der Waals surface area contributed by atoms with Gasteiger partial charge in [0.25, 0.3) is 11.8 Å². The average Bonchev–Trinajstić information content (AvgIpc) is 3.36. The number of anilines is 1. The predicted molar refractivity (Wildman–Crippen MR) is 121 cm³/mol. The monoisotopic (exact) mass is 426 g/mol. The number of hydrogen-bond donors (Lipinski definition) is 3. The van der Waals surface area contributed by atoms with Gasteiger partial charge in [0.05, 0.1) is 18.3 Å². The first-order chi connectivity index (χ1) is 15.5. The molecule has 2 aromatic heterocycles. The van der Waals surface area contributed by atoms with Crippen molar-refractivity contribution in [2.75, 3.05) is 5.32 Å². The van der Waals surface area contributed by atoms with Gasteiger partial charge in [-0.15, -0.1) is 0 Å². The third kappa shape index (κ3) is 3.52. The SMILES string of the molecule is Cc1ccc(C(=O)N[C@@H]2c3ccccc3C[C@@H]2O)cc1NC(=O)c1cnc2ccccn12. The fourth-order valence-electron chi connectivity index (χ4n) is 4.16. The molecule has 2 atom stereocenters. The second kappa shape index (κ2) is 7.94. The number of amides is 2. The Labute approximate surface area is 184 Å². The highest BCUT2D eigenvalue weighted by atomic mass is 16.3. The molecule has 0 saturated carbocycles. The van der Waals surface area contributed by atoms with E-state index in [0.717, 1.165) is 16.7 Å². The number of benzene rings is 2. The summed E-state index contributed by atoms with van der Waals surface area (Å²) < 4.78 is 1.71. The zero-order valence-corrected chi connectivity index (χ0v) is 17.4. The van der Waals surface area contributed by atoms with Crippen LogP contribution in [0.5, 0.6) is 0 Å². The Morgan fingerprint density at radius 1 is 1.06 bits per heavy atom. The van der Waals surface area contributed by atoms with Crippen molar-refractivity contribution < 1.29 is 14.7 Å². The molecule has 32 heavy (non-hydrogen) atoms. The van der Waals surface area contributed by atoms with E-state index < -0.39 is 12.1 Å². The molecule has 7 heteroatoms. The number of fused-ring (bicyclic) bond motifs is 2. The molecule has 2 amide bonds. The van der Waals surface area contributed by atoms with Gasteiger partial charge < -0.3 is 15.7 Å². The van der Waals surface area contributed by atoms with Crippen LogP contribution in [-0.2, 0) is 6.42 Å². The van der Waals surface area contributed by atoms with E-state index in [1.807, 2.05) is 49.4 Å². The molecule has 0 unspecified atom stereocenters. The Morgan fingerprint density at radius 3 is 2.75 bits per heavy atom. The van der Waals surface area contributed by atoms with Crippen LogP contribution in [0.2, 0.25) is 0 Å². The summed E-state index contributed by atoms with van der Waals surface area (Å²) in [6, 6.07) is 17.9. The summed E-state index contributed by atoms with van der Waals surface area (Å²) in [6.45, 7) is 1.86. The zero-order valence-electron chi connectivity index (χ0n) is 17.4. The Kier molecular flexibility index (Phi) is 4.95. The van der Waals surface area contributed by atoms with Gasteiger partial charge in [-0.3, -0.25) is 14.0 Å². The van der Waals surface area contributed by atoms with E-state index in [0.29, 0.717) is 29.0 Å². The van der Waals surface area contributed by atoms with Crippen molar-refractivity contribution in [3.05, 3.63) is 101 Å². The van der Waals surface area contributed by atoms with E-state index in [1.165, 1.54) is 6.20 Å². The van der Waals surface area contributed by atoms with Crippen molar-refractivity contribution in [3.8, 4) is 0 Å². The molecule has 0 spiro atoms. The Bertz CT molecular complexity index is 1340. The molecular weight excluding hydrogens is 404 g/mol. The molecule has 0 aliphatic heterocycles. The van der Waals surface area contributed by atoms with Crippen LogP contribution in [0.1, 0.15) is 43.6 Å². The maximum atomic E-state index is 13.0. The topological polar surface area (TPSA) is 95.7 Å². The van der Waals surface area contributed by atoms with E-state index in [2.05, 4.69) is 15.6 Å². The number of hydrogen-bond acceptors (Lipinski definition) is 4. The largest absolute Gasteiger partial charge is 0.390 e. The molecule has 0 fully saturated rings. The fourth-order valence-corrected chi connectivity index (χ4v) is 4.16. The molecule has 2 heterocycles. The first-order valence-corrected chi connectivity index (χ1v) is 10.4. The van der Waals surface area contributed by atoms with Gasteiger partial charge in [-0.05, 0) is 47.9 Å². The highest BCUT2D eigenvalue weighted by molar-refractivity contribution is 6.05. The van der Waals surface area contributed by atoms with Crippen LogP contribution in [0.25, 0.3) is 5.65 Å². The molecule has 2 aromatic carbocycles.